The lowest BCUT2D eigenvalue weighted by Crippen LogP contribution is -2.32. The number of thiophene rings is 1. The molecule has 24 heavy (non-hydrogen) atoms. The molecule has 0 radical (unpaired) electrons. The number of hydrogen-bond acceptors (Lipinski definition) is 5. The summed E-state index contributed by atoms with van der Waals surface area (Å²) in [7, 11) is 0. The number of hydrogen-bond donors (Lipinski definition) is 3. The molecule has 124 valence electrons. The van der Waals surface area contributed by atoms with Crippen molar-refractivity contribution in [2.24, 2.45) is 5.10 Å². The van der Waals surface area contributed by atoms with Crippen LogP contribution in [0.25, 0.3) is 0 Å². The number of hydrazone groups is 1. The van der Waals surface area contributed by atoms with Crippen molar-refractivity contribution in [3.63, 3.8) is 0 Å². The fraction of sp³-hybridized carbons (Fsp3) is 0.125. The fourth-order valence-corrected chi connectivity index (χ4v) is 2.43. The van der Waals surface area contributed by atoms with Gasteiger partial charge in [-0.2, -0.15) is 5.10 Å². The van der Waals surface area contributed by atoms with E-state index in [9.17, 15) is 14.4 Å². The maximum absolute atomic E-state index is 11.8. The molecule has 0 atom stereocenters. The third kappa shape index (κ3) is 5.03. The van der Waals surface area contributed by atoms with Crippen LogP contribution in [0.5, 0.6) is 0 Å². The predicted molar refractivity (Wildman–Crippen MR) is 94.0 cm³/mol. The second-order valence-electron chi connectivity index (χ2n) is 4.83. The molecular formula is C16H16N4O3S. The summed E-state index contributed by atoms with van der Waals surface area (Å²) in [5, 5.41) is 10.8. The van der Waals surface area contributed by atoms with E-state index in [-0.39, 0.29) is 5.91 Å². The number of carbonyl (C=O) groups is 3. The first-order chi connectivity index (χ1) is 11.5. The van der Waals surface area contributed by atoms with Gasteiger partial charge in [-0.05, 0) is 42.6 Å². The van der Waals surface area contributed by atoms with Crippen molar-refractivity contribution in [3.8, 4) is 0 Å². The van der Waals surface area contributed by atoms with E-state index in [1.54, 1.807) is 31.2 Å². The maximum atomic E-state index is 11.8. The Balaban J connectivity index is 1.90. The van der Waals surface area contributed by atoms with Crippen molar-refractivity contribution in [1.29, 1.82) is 0 Å². The molecule has 0 fully saturated rings. The van der Waals surface area contributed by atoms with Crippen LogP contribution in [0, 0.1) is 0 Å². The van der Waals surface area contributed by atoms with Gasteiger partial charge in [-0.3, -0.25) is 14.4 Å². The Bertz CT molecular complexity index is 767. The van der Waals surface area contributed by atoms with E-state index in [0.29, 0.717) is 17.1 Å². The normalized spacial score (nSPS) is 10.8. The lowest BCUT2D eigenvalue weighted by Gasteiger charge is -2.06. The molecule has 0 aliphatic carbocycles. The number of benzene rings is 1. The van der Waals surface area contributed by atoms with Gasteiger partial charge in [-0.1, -0.05) is 6.07 Å². The lowest BCUT2D eigenvalue weighted by molar-refractivity contribution is -0.136. The van der Waals surface area contributed by atoms with E-state index in [1.165, 1.54) is 18.3 Å². The minimum absolute atomic E-state index is 0.190. The van der Waals surface area contributed by atoms with Gasteiger partial charge in [0, 0.05) is 23.2 Å². The summed E-state index contributed by atoms with van der Waals surface area (Å²) in [5.41, 5.74) is 3.86. The van der Waals surface area contributed by atoms with Crippen molar-refractivity contribution in [2.75, 3.05) is 10.6 Å². The molecule has 3 amide bonds. The smallest absolute Gasteiger partial charge is 0.326 e. The molecule has 2 rings (SSSR count). The summed E-state index contributed by atoms with van der Waals surface area (Å²) >= 11 is 1.49. The van der Waals surface area contributed by atoms with Crippen LogP contribution in [-0.2, 0) is 14.4 Å². The molecule has 8 heteroatoms. The Labute approximate surface area is 142 Å². The molecule has 1 aromatic carbocycles. The van der Waals surface area contributed by atoms with Gasteiger partial charge in [0.15, 0.2) is 0 Å². The van der Waals surface area contributed by atoms with Crippen LogP contribution >= 0.6 is 11.3 Å². The number of rotatable bonds is 4. The van der Waals surface area contributed by atoms with Crippen LogP contribution in [0.1, 0.15) is 18.7 Å². The number of amides is 3. The largest absolute Gasteiger partial charge is 0.329 e. The number of anilines is 2. The third-order valence-electron chi connectivity index (χ3n) is 2.87. The number of nitrogens with one attached hydrogen (secondary N) is 3. The zero-order valence-corrected chi connectivity index (χ0v) is 13.9. The standard InChI is InChI=1S/C16H16N4O3S/c1-10(14-4-3-9-24-14)19-20-16(23)15(22)18-13-7-5-12(6-8-13)17-11(2)21/h3-9H,1-2H3,(H,17,21)(H,18,22)(H,20,23)/b19-10+. The molecule has 3 N–H and O–H groups in total. The van der Waals surface area contributed by atoms with E-state index in [4.69, 9.17) is 0 Å². The average Bonchev–Trinajstić information content (AvgIpc) is 3.08. The van der Waals surface area contributed by atoms with Crippen molar-refractivity contribution in [1.82, 2.24) is 5.43 Å². The Hall–Kier alpha value is -3.00. The first-order valence-corrected chi connectivity index (χ1v) is 7.91. The van der Waals surface area contributed by atoms with E-state index in [0.717, 1.165) is 4.88 Å². The van der Waals surface area contributed by atoms with Gasteiger partial charge in [0.1, 0.15) is 0 Å². The summed E-state index contributed by atoms with van der Waals surface area (Å²) < 4.78 is 0. The van der Waals surface area contributed by atoms with Crippen molar-refractivity contribution < 1.29 is 14.4 Å². The summed E-state index contributed by atoms with van der Waals surface area (Å²) in [4.78, 5) is 35.4. The first-order valence-electron chi connectivity index (χ1n) is 7.03. The highest BCUT2D eigenvalue weighted by Gasteiger charge is 2.13. The average molecular weight is 344 g/mol. The van der Waals surface area contributed by atoms with E-state index in [1.807, 2.05) is 17.5 Å². The van der Waals surface area contributed by atoms with Gasteiger partial charge in [-0.15, -0.1) is 11.3 Å². The topological polar surface area (TPSA) is 99.7 Å². The van der Waals surface area contributed by atoms with Crippen LogP contribution in [0.3, 0.4) is 0 Å². The van der Waals surface area contributed by atoms with Gasteiger partial charge >= 0.3 is 11.8 Å². The second kappa shape index (κ2) is 8.02. The van der Waals surface area contributed by atoms with Gasteiger partial charge in [0.2, 0.25) is 5.91 Å². The van der Waals surface area contributed by atoms with E-state index < -0.39 is 11.8 Å². The maximum Gasteiger partial charge on any atom is 0.329 e. The SMILES string of the molecule is CC(=O)Nc1ccc(NC(=O)C(=O)N/N=C(\C)c2cccs2)cc1. The highest BCUT2D eigenvalue weighted by Crippen LogP contribution is 2.13. The molecule has 0 aliphatic rings. The Morgan fingerprint density at radius 2 is 1.54 bits per heavy atom. The van der Waals surface area contributed by atoms with Crippen molar-refractivity contribution in [3.05, 3.63) is 46.7 Å². The lowest BCUT2D eigenvalue weighted by atomic mass is 10.2. The summed E-state index contributed by atoms with van der Waals surface area (Å²) in [5.74, 6) is -1.88. The summed E-state index contributed by atoms with van der Waals surface area (Å²) in [6.45, 7) is 3.14. The van der Waals surface area contributed by atoms with Crippen LogP contribution < -0.4 is 16.1 Å². The first kappa shape index (κ1) is 17.4. The molecule has 0 saturated heterocycles. The van der Waals surface area contributed by atoms with Gasteiger partial charge in [0.05, 0.1) is 5.71 Å². The third-order valence-corrected chi connectivity index (χ3v) is 3.85. The second-order valence-corrected chi connectivity index (χ2v) is 5.78. The molecule has 1 heterocycles. The molecule has 0 unspecified atom stereocenters. The minimum atomic E-state index is -0.864. The molecular weight excluding hydrogens is 328 g/mol. The summed E-state index contributed by atoms with van der Waals surface area (Å²) in [6.07, 6.45) is 0. The van der Waals surface area contributed by atoms with Crippen LogP contribution in [0.4, 0.5) is 11.4 Å². The molecule has 0 bridgehead atoms. The zero-order valence-electron chi connectivity index (χ0n) is 13.1. The highest BCUT2D eigenvalue weighted by atomic mass is 32.1. The quantitative estimate of drug-likeness (QED) is 0.450. The molecule has 0 spiro atoms. The van der Waals surface area contributed by atoms with E-state index in [2.05, 4.69) is 21.2 Å². The predicted octanol–water partition coefficient (Wildman–Crippen LogP) is 2.19. The van der Waals surface area contributed by atoms with E-state index >= 15 is 0 Å². The molecule has 7 nitrogen and oxygen atoms in total. The Morgan fingerprint density at radius 3 is 2.08 bits per heavy atom. The monoisotopic (exact) mass is 344 g/mol. The fourth-order valence-electron chi connectivity index (χ4n) is 1.75. The molecule has 0 saturated carbocycles. The highest BCUT2D eigenvalue weighted by molar-refractivity contribution is 7.12. The Morgan fingerprint density at radius 1 is 0.917 bits per heavy atom. The number of nitrogens with zero attached hydrogens (tertiary/aromatic N) is 1. The Kier molecular flexibility index (Phi) is 5.80. The van der Waals surface area contributed by atoms with Crippen LogP contribution in [0.2, 0.25) is 0 Å². The van der Waals surface area contributed by atoms with Gasteiger partial charge < -0.3 is 10.6 Å². The van der Waals surface area contributed by atoms with Gasteiger partial charge in [0.25, 0.3) is 0 Å². The molecule has 1 aromatic heterocycles. The number of carbonyl (C=O) groups excluding carboxylic acids is 3. The summed E-state index contributed by atoms with van der Waals surface area (Å²) in [6, 6.07) is 10.1. The molecule has 2 aromatic rings. The molecule has 0 aliphatic heterocycles. The van der Waals surface area contributed by atoms with Gasteiger partial charge in [-0.25, -0.2) is 5.43 Å². The van der Waals surface area contributed by atoms with Crippen molar-refractivity contribution in [2.45, 2.75) is 13.8 Å². The minimum Gasteiger partial charge on any atom is -0.326 e. The van der Waals surface area contributed by atoms with Crippen molar-refractivity contribution >= 4 is 46.1 Å². The zero-order chi connectivity index (χ0) is 17.5. The van der Waals surface area contributed by atoms with Crippen LogP contribution in [0.15, 0.2) is 46.9 Å². The van der Waals surface area contributed by atoms with Crippen LogP contribution in [-0.4, -0.2) is 23.4 Å².